The fourth-order valence-corrected chi connectivity index (χ4v) is 2.33. The average Bonchev–Trinajstić information content (AvgIpc) is 2.68. The van der Waals surface area contributed by atoms with E-state index in [0.717, 1.165) is 5.92 Å². The molecule has 0 spiro atoms. The summed E-state index contributed by atoms with van der Waals surface area (Å²) >= 11 is 0. The predicted molar refractivity (Wildman–Crippen MR) is 57.3 cm³/mol. The van der Waals surface area contributed by atoms with Crippen molar-refractivity contribution in [2.45, 2.75) is 61.3 Å². The molecule has 74 valence electrons. The van der Waals surface area contributed by atoms with Gasteiger partial charge in [-0.2, -0.15) is 0 Å². The van der Waals surface area contributed by atoms with Gasteiger partial charge in [0.2, 0.25) is 0 Å². The second-order valence-corrected chi connectivity index (χ2v) is 5.06. The Hall–Kier alpha value is 0. The van der Waals surface area contributed by atoms with Crippen LogP contribution in [0.1, 0.15) is 61.3 Å². The second-order valence-electron chi connectivity index (χ2n) is 5.06. The van der Waals surface area contributed by atoms with Gasteiger partial charge in [-0.1, -0.05) is 48.5 Å². The highest BCUT2D eigenvalue weighted by Crippen LogP contribution is 2.62. The van der Waals surface area contributed by atoms with Crippen molar-refractivity contribution in [1.82, 2.24) is 0 Å². The standard InChI is InChI=1S/C10H20.C2H6/c1-8(2)10(6-7-10)9(3,4)5;1-2/h8H,6-7H2,1-5H3;1-2H3. The Balaban J connectivity index is 0.000000561. The first-order valence-electron chi connectivity index (χ1n) is 5.40. The summed E-state index contributed by atoms with van der Waals surface area (Å²) in [6.45, 7) is 15.8. The molecule has 0 saturated heterocycles. The van der Waals surface area contributed by atoms with Crippen LogP contribution in [0, 0.1) is 16.7 Å². The van der Waals surface area contributed by atoms with Gasteiger partial charge in [0, 0.05) is 0 Å². The van der Waals surface area contributed by atoms with Crippen LogP contribution < -0.4 is 0 Å². The maximum absolute atomic E-state index is 2.38. The summed E-state index contributed by atoms with van der Waals surface area (Å²) in [5, 5.41) is 0. The van der Waals surface area contributed by atoms with E-state index in [-0.39, 0.29) is 0 Å². The molecule has 1 aliphatic carbocycles. The van der Waals surface area contributed by atoms with Crippen molar-refractivity contribution < 1.29 is 0 Å². The Bertz CT molecular complexity index is 121. The highest BCUT2D eigenvalue weighted by molar-refractivity contribution is 5.03. The van der Waals surface area contributed by atoms with Crippen LogP contribution in [0.25, 0.3) is 0 Å². The van der Waals surface area contributed by atoms with Gasteiger partial charge in [0.15, 0.2) is 0 Å². The fraction of sp³-hybridized carbons (Fsp3) is 1.00. The van der Waals surface area contributed by atoms with Crippen molar-refractivity contribution in [2.75, 3.05) is 0 Å². The average molecular weight is 170 g/mol. The van der Waals surface area contributed by atoms with Gasteiger partial charge in [0.05, 0.1) is 0 Å². The van der Waals surface area contributed by atoms with Crippen molar-refractivity contribution >= 4 is 0 Å². The summed E-state index contributed by atoms with van der Waals surface area (Å²) in [4.78, 5) is 0. The van der Waals surface area contributed by atoms with Crippen molar-refractivity contribution in [2.24, 2.45) is 16.7 Å². The zero-order chi connectivity index (χ0) is 9.99. The van der Waals surface area contributed by atoms with Crippen LogP contribution >= 0.6 is 0 Å². The molecule has 0 amide bonds. The molecule has 0 bridgehead atoms. The molecule has 1 aliphatic rings. The van der Waals surface area contributed by atoms with Crippen LogP contribution in [0.4, 0.5) is 0 Å². The highest BCUT2D eigenvalue weighted by atomic mass is 14.6. The van der Waals surface area contributed by atoms with Crippen LogP contribution in [-0.2, 0) is 0 Å². The number of hydrogen-bond acceptors (Lipinski definition) is 0. The van der Waals surface area contributed by atoms with E-state index in [1.807, 2.05) is 13.8 Å². The zero-order valence-electron chi connectivity index (χ0n) is 9.99. The molecule has 1 saturated carbocycles. The maximum Gasteiger partial charge on any atom is -0.0225 e. The summed E-state index contributed by atoms with van der Waals surface area (Å²) in [7, 11) is 0. The third-order valence-electron chi connectivity index (χ3n) is 3.39. The van der Waals surface area contributed by atoms with E-state index < -0.39 is 0 Å². The Morgan fingerprint density at radius 2 is 1.33 bits per heavy atom. The first-order chi connectivity index (χ1) is 5.40. The molecule has 1 rings (SSSR count). The van der Waals surface area contributed by atoms with E-state index >= 15 is 0 Å². The molecule has 0 N–H and O–H groups in total. The lowest BCUT2D eigenvalue weighted by atomic mass is 9.71. The van der Waals surface area contributed by atoms with Crippen LogP contribution in [0.3, 0.4) is 0 Å². The maximum atomic E-state index is 2.38. The van der Waals surface area contributed by atoms with Crippen molar-refractivity contribution in [3.05, 3.63) is 0 Å². The quantitative estimate of drug-likeness (QED) is 0.543. The fourth-order valence-electron chi connectivity index (χ4n) is 2.33. The van der Waals surface area contributed by atoms with Gasteiger partial charge in [0.25, 0.3) is 0 Å². The molecule has 0 atom stereocenters. The molecule has 0 heterocycles. The molecule has 0 nitrogen and oxygen atoms in total. The normalized spacial score (nSPS) is 20.0. The summed E-state index contributed by atoms with van der Waals surface area (Å²) in [6, 6.07) is 0. The lowest BCUT2D eigenvalue weighted by Gasteiger charge is -2.34. The minimum atomic E-state index is 0.529. The van der Waals surface area contributed by atoms with E-state index in [1.54, 1.807) is 0 Å². The lowest BCUT2D eigenvalue weighted by molar-refractivity contribution is 0.150. The molecular weight excluding hydrogens is 144 g/mol. The molecule has 0 heteroatoms. The SMILES string of the molecule is CC.CC(C)C1(C(C)(C)C)CC1. The van der Waals surface area contributed by atoms with Crippen LogP contribution in [0.5, 0.6) is 0 Å². The molecule has 0 aromatic carbocycles. The van der Waals surface area contributed by atoms with Gasteiger partial charge in [-0.05, 0) is 29.6 Å². The summed E-state index contributed by atoms with van der Waals surface area (Å²) in [5.41, 5.74) is 1.22. The Kier molecular flexibility index (Phi) is 3.81. The van der Waals surface area contributed by atoms with Gasteiger partial charge in [-0.25, -0.2) is 0 Å². The topological polar surface area (TPSA) is 0 Å². The van der Waals surface area contributed by atoms with Gasteiger partial charge in [-0.3, -0.25) is 0 Å². The molecular formula is C12H26. The smallest absolute Gasteiger partial charge is 0.0225 e. The monoisotopic (exact) mass is 170 g/mol. The minimum absolute atomic E-state index is 0.529. The highest BCUT2D eigenvalue weighted by Gasteiger charge is 2.53. The van der Waals surface area contributed by atoms with Gasteiger partial charge in [-0.15, -0.1) is 0 Å². The Morgan fingerprint density at radius 3 is 1.33 bits per heavy atom. The Morgan fingerprint density at radius 1 is 1.00 bits per heavy atom. The van der Waals surface area contributed by atoms with Crippen LogP contribution in [-0.4, -0.2) is 0 Å². The van der Waals surface area contributed by atoms with E-state index in [0.29, 0.717) is 10.8 Å². The van der Waals surface area contributed by atoms with Crippen LogP contribution in [0.15, 0.2) is 0 Å². The summed E-state index contributed by atoms with van der Waals surface area (Å²) < 4.78 is 0. The van der Waals surface area contributed by atoms with Crippen molar-refractivity contribution in [3.8, 4) is 0 Å². The van der Waals surface area contributed by atoms with Gasteiger partial charge in [0.1, 0.15) is 0 Å². The lowest BCUT2D eigenvalue weighted by Crippen LogP contribution is -2.26. The second kappa shape index (κ2) is 3.81. The first kappa shape index (κ1) is 12.0. The molecule has 1 fully saturated rings. The number of rotatable bonds is 1. The molecule has 0 unspecified atom stereocenters. The third kappa shape index (κ3) is 2.02. The Labute approximate surface area is 78.8 Å². The zero-order valence-corrected chi connectivity index (χ0v) is 9.99. The molecule has 12 heavy (non-hydrogen) atoms. The van der Waals surface area contributed by atoms with E-state index in [1.165, 1.54) is 12.8 Å². The van der Waals surface area contributed by atoms with Crippen molar-refractivity contribution in [3.63, 3.8) is 0 Å². The molecule has 0 aromatic heterocycles. The predicted octanol–water partition coefficient (Wildman–Crippen LogP) is 4.49. The molecule has 0 radical (unpaired) electrons. The largest absolute Gasteiger partial charge is 0.0683 e. The minimum Gasteiger partial charge on any atom is -0.0683 e. The van der Waals surface area contributed by atoms with E-state index in [2.05, 4.69) is 34.6 Å². The molecule has 0 aromatic rings. The van der Waals surface area contributed by atoms with Crippen LogP contribution in [0.2, 0.25) is 0 Å². The molecule has 0 aliphatic heterocycles. The number of hydrogen-bond donors (Lipinski definition) is 0. The first-order valence-corrected chi connectivity index (χ1v) is 5.40. The van der Waals surface area contributed by atoms with E-state index in [4.69, 9.17) is 0 Å². The summed E-state index contributed by atoms with van der Waals surface area (Å²) in [5.74, 6) is 0.868. The van der Waals surface area contributed by atoms with Crippen molar-refractivity contribution in [1.29, 1.82) is 0 Å². The van der Waals surface area contributed by atoms with Gasteiger partial charge >= 0.3 is 0 Å². The summed E-state index contributed by atoms with van der Waals surface area (Å²) in [6.07, 6.45) is 2.91. The van der Waals surface area contributed by atoms with Gasteiger partial charge < -0.3 is 0 Å². The van der Waals surface area contributed by atoms with E-state index in [9.17, 15) is 0 Å². The third-order valence-corrected chi connectivity index (χ3v) is 3.39.